The fourth-order valence-electron chi connectivity index (χ4n) is 2.38. The Kier molecular flexibility index (Phi) is 3.58. The number of ether oxygens (including phenoxy) is 1. The van der Waals surface area contributed by atoms with Crippen molar-refractivity contribution in [2.75, 3.05) is 13.7 Å². The summed E-state index contributed by atoms with van der Waals surface area (Å²) in [5, 5.41) is 0. The average Bonchev–Trinajstić information content (AvgIpc) is 3.28. The largest absolute Gasteiger partial charge is 0.493 e. The van der Waals surface area contributed by atoms with E-state index in [-0.39, 0.29) is 5.82 Å². The fourth-order valence-corrected chi connectivity index (χ4v) is 2.38. The van der Waals surface area contributed by atoms with Crippen molar-refractivity contribution in [2.45, 2.75) is 19.8 Å². The first kappa shape index (κ1) is 13.9. The van der Waals surface area contributed by atoms with Gasteiger partial charge in [-0.3, -0.25) is 0 Å². The Morgan fingerprint density at radius 3 is 2.76 bits per heavy atom. The molecular weight excluding hydrogens is 265 g/mol. The Labute approximate surface area is 125 Å². The van der Waals surface area contributed by atoms with Crippen molar-refractivity contribution >= 4 is 5.70 Å². The second-order valence-corrected chi connectivity index (χ2v) is 5.80. The van der Waals surface area contributed by atoms with Crippen LogP contribution < -0.4 is 4.74 Å². The van der Waals surface area contributed by atoms with Gasteiger partial charge in [-0.25, -0.2) is 4.39 Å². The normalized spacial score (nSPS) is 18.4. The number of nitrogens with zero attached hydrogens (tertiary/aromatic N) is 1. The van der Waals surface area contributed by atoms with Crippen LogP contribution in [0.2, 0.25) is 0 Å². The van der Waals surface area contributed by atoms with Gasteiger partial charge in [-0.1, -0.05) is 12.7 Å². The Morgan fingerprint density at radius 1 is 1.33 bits per heavy atom. The van der Waals surface area contributed by atoms with Crippen molar-refractivity contribution in [2.24, 2.45) is 5.92 Å². The minimum atomic E-state index is -0.262. The fraction of sp³-hybridized carbons (Fsp3) is 0.333. The molecule has 1 fully saturated rings. The van der Waals surface area contributed by atoms with Gasteiger partial charge in [0.15, 0.2) is 0 Å². The topological polar surface area (TPSA) is 12.5 Å². The van der Waals surface area contributed by atoms with Crippen LogP contribution in [-0.2, 0) is 0 Å². The van der Waals surface area contributed by atoms with Gasteiger partial charge in [-0.05, 0) is 49.5 Å². The van der Waals surface area contributed by atoms with Crippen molar-refractivity contribution in [3.05, 3.63) is 59.6 Å². The lowest BCUT2D eigenvalue weighted by atomic mass is 10.0. The highest BCUT2D eigenvalue weighted by atomic mass is 19.1. The lowest BCUT2D eigenvalue weighted by molar-refractivity contribution is 0.298. The molecule has 3 heteroatoms. The number of allylic oxidation sites excluding steroid dienone is 3. The number of hydrogen-bond donors (Lipinski definition) is 0. The van der Waals surface area contributed by atoms with Gasteiger partial charge in [-0.2, -0.15) is 0 Å². The van der Waals surface area contributed by atoms with Gasteiger partial charge in [0.05, 0.1) is 12.3 Å². The zero-order valence-corrected chi connectivity index (χ0v) is 12.5. The SMILES string of the molecule is C=C1C(C)=CC=C(c2ccc(OCC3CC3)cc2F)N1C. The molecule has 21 heavy (non-hydrogen) atoms. The summed E-state index contributed by atoms with van der Waals surface area (Å²) < 4.78 is 20.0. The van der Waals surface area contributed by atoms with Crippen molar-refractivity contribution in [3.63, 3.8) is 0 Å². The first-order valence-electron chi connectivity index (χ1n) is 7.30. The standard InChI is InChI=1S/C18H20FNO/c1-12-4-9-18(20(3)13(12)2)16-8-7-15(10-17(16)19)21-11-14-5-6-14/h4,7-10,14H,2,5-6,11H2,1,3H3. The van der Waals surface area contributed by atoms with E-state index in [0.717, 1.165) is 17.0 Å². The molecule has 0 aromatic heterocycles. The Morgan fingerprint density at radius 2 is 2.10 bits per heavy atom. The summed E-state index contributed by atoms with van der Waals surface area (Å²) in [5.41, 5.74) is 3.37. The molecule has 2 aliphatic rings. The molecule has 110 valence electrons. The quantitative estimate of drug-likeness (QED) is 0.815. The van der Waals surface area contributed by atoms with Crippen molar-refractivity contribution in [3.8, 4) is 5.75 Å². The van der Waals surface area contributed by atoms with Crippen LogP contribution in [0.1, 0.15) is 25.3 Å². The molecule has 1 heterocycles. The predicted molar refractivity (Wildman–Crippen MR) is 83.3 cm³/mol. The Bertz CT molecular complexity index is 641. The summed E-state index contributed by atoms with van der Waals surface area (Å²) >= 11 is 0. The van der Waals surface area contributed by atoms with Crippen LogP contribution in [0.3, 0.4) is 0 Å². The number of benzene rings is 1. The van der Waals surface area contributed by atoms with E-state index in [1.54, 1.807) is 6.07 Å². The maximum absolute atomic E-state index is 14.4. The monoisotopic (exact) mass is 285 g/mol. The summed E-state index contributed by atoms with van der Waals surface area (Å²) in [6.45, 7) is 6.72. The van der Waals surface area contributed by atoms with Crippen molar-refractivity contribution in [1.82, 2.24) is 4.90 Å². The molecule has 0 amide bonds. The van der Waals surface area contributed by atoms with Crippen LogP contribution in [0.25, 0.3) is 5.70 Å². The van der Waals surface area contributed by atoms with Crippen molar-refractivity contribution in [1.29, 1.82) is 0 Å². The van der Waals surface area contributed by atoms with Gasteiger partial charge in [0.1, 0.15) is 11.6 Å². The van der Waals surface area contributed by atoms with Gasteiger partial charge >= 0.3 is 0 Å². The zero-order chi connectivity index (χ0) is 15.0. The van der Waals surface area contributed by atoms with Gasteiger partial charge < -0.3 is 9.64 Å². The van der Waals surface area contributed by atoms with E-state index in [4.69, 9.17) is 4.74 Å². The molecule has 1 aliphatic carbocycles. The van der Waals surface area contributed by atoms with Crippen LogP contribution >= 0.6 is 0 Å². The summed E-state index contributed by atoms with van der Waals surface area (Å²) in [5.74, 6) is 1.01. The van der Waals surface area contributed by atoms with Gasteiger partial charge in [0, 0.05) is 24.4 Å². The molecule has 1 aromatic rings. The van der Waals surface area contributed by atoms with Gasteiger partial charge in [0.2, 0.25) is 0 Å². The third-order valence-corrected chi connectivity index (χ3v) is 4.11. The van der Waals surface area contributed by atoms with Crippen LogP contribution in [0.5, 0.6) is 5.75 Å². The lowest BCUT2D eigenvalue weighted by Crippen LogP contribution is -2.19. The first-order valence-corrected chi connectivity index (χ1v) is 7.30. The molecular formula is C18H20FNO. The highest BCUT2D eigenvalue weighted by molar-refractivity contribution is 5.71. The highest BCUT2D eigenvalue weighted by Gasteiger charge is 2.22. The van der Waals surface area contributed by atoms with Gasteiger partial charge in [-0.15, -0.1) is 0 Å². The maximum atomic E-state index is 14.4. The molecule has 0 unspecified atom stereocenters. The van der Waals surface area contributed by atoms with E-state index >= 15 is 0 Å². The second-order valence-electron chi connectivity index (χ2n) is 5.80. The summed E-state index contributed by atoms with van der Waals surface area (Å²) in [6.07, 6.45) is 6.35. The second kappa shape index (κ2) is 5.40. The number of rotatable bonds is 4. The summed E-state index contributed by atoms with van der Waals surface area (Å²) in [6, 6.07) is 5.09. The number of hydrogen-bond acceptors (Lipinski definition) is 2. The van der Waals surface area contributed by atoms with Crippen molar-refractivity contribution < 1.29 is 9.13 Å². The summed E-state index contributed by atoms with van der Waals surface area (Å²) in [7, 11) is 1.90. The molecule has 0 atom stereocenters. The van der Waals surface area contributed by atoms with E-state index in [2.05, 4.69) is 6.58 Å². The highest BCUT2D eigenvalue weighted by Crippen LogP contribution is 2.33. The number of halogens is 1. The third-order valence-electron chi connectivity index (χ3n) is 4.11. The van der Waals surface area contributed by atoms with Crippen LogP contribution in [0.15, 0.2) is 48.2 Å². The number of likely N-dealkylation sites (N-methyl/N-ethyl adjacent to an activating group) is 1. The lowest BCUT2D eigenvalue weighted by Gasteiger charge is -2.28. The van der Waals surface area contributed by atoms with E-state index in [1.807, 2.05) is 37.1 Å². The molecule has 0 radical (unpaired) electrons. The minimum Gasteiger partial charge on any atom is -0.493 e. The molecule has 0 spiro atoms. The van der Waals surface area contributed by atoms with Crippen LogP contribution in [-0.4, -0.2) is 18.6 Å². The smallest absolute Gasteiger partial charge is 0.136 e. The molecule has 0 N–H and O–H groups in total. The Hall–Kier alpha value is -2.03. The van der Waals surface area contributed by atoms with E-state index < -0.39 is 0 Å². The molecule has 1 aliphatic heterocycles. The predicted octanol–water partition coefficient (Wildman–Crippen LogP) is 4.36. The molecule has 1 aromatic carbocycles. The molecule has 2 nitrogen and oxygen atoms in total. The molecule has 0 bridgehead atoms. The van der Waals surface area contributed by atoms with Crippen LogP contribution in [0, 0.1) is 11.7 Å². The first-order chi connectivity index (χ1) is 10.1. The summed E-state index contributed by atoms with van der Waals surface area (Å²) in [4.78, 5) is 1.92. The van der Waals surface area contributed by atoms with E-state index in [1.165, 1.54) is 18.9 Å². The van der Waals surface area contributed by atoms with E-state index in [0.29, 0.717) is 23.8 Å². The average molecular weight is 285 g/mol. The van der Waals surface area contributed by atoms with E-state index in [9.17, 15) is 4.39 Å². The maximum Gasteiger partial charge on any atom is 0.136 e. The third kappa shape index (κ3) is 2.87. The molecule has 1 saturated carbocycles. The van der Waals surface area contributed by atoms with Gasteiger partial charge in [0.25, 0.3) is 0 Å². The minimum absolute atomic E-state index is 0.262. The van der Waals surface area contributed by atoms with Crippen LogP contribution in [0.4, 0.5) is 4.39 Å². The zero-order valence-electron chi connectivity index (χ0n) is 12.5. The molecule has 0 saturated heterocycles. The Balaban J connectivity index is 1.83. The molecule has 3 rings (SSSR count).